The summed E-state index contributed by atoms with van der Waals surface area (Å²) in [4.78, 5) is 13.5. The van der Waals surface area contributed by atoms with Gasteiger partial charge in [-0.25, -0.2) is 0 Å². The predicted octanol–water partition coefficient (Wildman–Crippen LogP) is 2.50. The molecule has 0 spiro atoms. The number of benzene rings is 1. The molecule has 1 aromatic rings. The predicted molar refractivity (Wildman–Crippen MR) is 72.2 cm³/mol. The Hall–Kier alpha value is -1.26. The molecular formula is C13H17ClN2O2. The lowest BCUT2D eigenvalue weighted by molar-refractivity contribution is -0.116. The van der Waals surface area contributed by atoms with Crippen LogP contribution < -0.4 is 15.4 Å². The molecule has 18 heavy (non-hydrogen) atoms. The number of carbonyl (C=O) groups excluding carboxylic acids is 1. The van der Waals surface area contributed by atoms with Crippen molar-refractivity contribution in [2.45, 2.75) is 25.8 Å². The highest BCUT2D eigenvalue weighted by Crippen LogP contribution is 2.42. The number of hydrogen-bond acceptors (Lipinski definition) is 3. The highest BCUT2D eigenvalue weighted by atomic mass is 35.5. The van der Waals surface area contributed by atoms with Gasteiger partial charge in [0.2, 0.25) is 5.91 Å². The second-order valence-corrected chi connectivity index (χ2v) is 4.84. The van der Waals surface area contributed by atoms with E-state index in [1.807, 2.05) is 0 Å². The third-order valence-corrected chi connectivity index (χ3v) is 3.59. The van der Waals surface area contributed by atoms with Crippen LogP contribution in [0.15, 0.2) is 12.1 Å². The zero-order valence-corrected chi connectivity index (χ0v) is 11.3. The number of hydrogen-bond donors (Lipinski definition) is 1. The number of halogens is 1. The van der Waals surface area contributed by atoms with Crippen LogP contribution >= 0.6 is 11.6 Å². The molecule has 0 radical (unpaired) electrons. The molecule has 0 aliphatic carbocycles. The summed E-state index contributed by atoms with van der Waals surface area (Å²) in [5.74, 6) is 0.618. The van der Waals surface area contributed by atoms with E-state index in [0.717, 1.165) is 24.1 Å². The standard InChI is InChI=1S/C13H17ClN2O2/c1-8(17)16-7-3-4-10(15)12-9(14)5-6-11(18-2)13(12)16/h5-6,10H,3-4,7,15H2,1-2H3. The Morgan fingerprint density at radius 3 is 2.89 bits per heavy atom. The van der Waals surface area contributed by atoms with E-state index in [2.05, 4.69) is 0 Å². The summed E-state index contributed by atoms with van der Waals surface area (Å²) in [5, 5.41) is 0.589. The van der Waals surface area contributed by atoms with E-state index in [1.54, 1.807) is 31.1 Å². The van der Waals surface area contributed by atoms with E-state index >= 15 is 0 Å². The van der Waals surface area contributed by atoms with Crippen molar-refractivity contribution in [1.29, 1.82) is 0 Å². The van der Waals surface area contributed by atoms with Crippen LogP contribution in [0, 0.1) is 0 Å². The molecule has 0 saturated carbocycles. The summed E-state index contributed by atoms with van der Waals surface area (Å²) in [6.45, 7) is 2.19. The number of amides is 1. The summed E-state index contributed by atoms with van der Waals surface area (Å²) < 4.78 is 5.34. The largest absolute Gasteiger partial charge is 0.495 e. The first-order valence-electron chi connectivity index (χ1n) is 5.96. The summed E-state index contributed by atoms with van der Waals surface area (Å²) in [6, 6.07) is 3.38. The minimum absolute atomic E-state index is 0.0223. The van der Waals surface area contributed by atoms with E-state index in [4.69, 9.17) is 22.1 Å². The lowest BCUT2D eigenvalue weighted by atomic mass is 10.0. The van der Waals surface area contributed by atoms with E-state index < -0.39 is 0 Å². The summed E-state index contributed by atoms with van der Waals surface area (Å²) in [7, 11) is 1.58. The van der Waals surface area contributed by atoms with Crippen molar-refractivity contribution in [3.63, 3.8) is 0 Å². The number of methoxy groups -OCH3 is 1. The molecule has 1 atom stereocenters. The molecule has 0 aromatic heterocycles. The van der Waals surface area contributed by atoms with Crippen molar-refractivity contribution in [1.82, 2.24) is 0 Å². The van der Waals surface area contributed by atoms with Gasteiger partial charge in [0, 0.05) is 30.1 Å². The number of anilines is 1. The van der Waals surface area contributed by atoms with Gasteiger partial charge in [-0.2, -0.15) is 0 Å². The second-order valence-electron chi connectivity index (χ2n) is 4.43. The molecule has 0 fully saturated rings. The van der Waals surface area contributed by atoms with Crippen molar-refractivity contribution in [2.75, 3.05) is 18.6 Å². The number of rotatable bonds is 1. The first kappa shape index (κ1) is 13.2. The van der Waals surface area contributed by atoms with Crippen molar-refractivity contribution in [3.05, 3.63) is 22.7 Å². The maximum Gasteiger partial charge on any atom is 0.223 e. The monoisotopic (exact) mass is 268 g/mol. The van der Waals surface area contributed by atoms with E-state index in [-0.39, 0.29) is 11.9 Å². The Labute approximate surface area is 112 Å². The van der Waals surface area contributed by atoms with Gasteiger partial charge in [-0.05, 0) is 25.0 Å². The molecule has 1 heterocycles. The quantitative estimate of drug-likeness (QED) is 0.851. The summed E-state index contributed by atoms with van der Waals surface area (Å²) in [6.07, 6.45) is 1.67. The molecule has 1 amide bonds. The average molecular weight is 269 g/mol. The van der Waals surface area contributed by atoms with Crippen molar-refractivity contribution < 1.29 is 9.53 Å². The molecule has 2 N–H and O–H groups in total. The molecule has 0 saturated heterocycles. The minimum Gasteiger partial charge on any atom is -0.495 e. The summed E-state index contributed by atoms with van der Waals surface area (Å²) in [5.41, 5.74) is 7.69. The van der Waals surface area contributed by atoms with Crippen molar-refractivity contribution in [3.8, 4) is 5.75 Å². The van der Waals surface area contributed by atoms with E-state index in [1.165, 1.54) is 0 Å². The van der Waals surface area contributed by atoms with Gasteiger partial charge in [-0.1, -0.05) is 11.6 Å². The molecule has 98 valence electrons. The van der Waals surface area contributed by atoms with Gasteiger partial charge in [-0.3, -0.25) is 4.79 Å². The van der Waals surface area contributed by atoms with Crippen LogP contribution in [0.3, 0.4) is 0 Å². The highest BCUT2D eigenvalue weighted by Gasteiger charge is 2.28. The smallest absolute Gasteiger partial charge is 0.223 e. The molecule has 1 aliphatic heterocycles. The number of fused-ring (bicyclic) bond motifs is 1. The Balaban J connectivity index is 2.67. The van der Waals surface area contributed by atoms with Gasteiger partial charge in [0.15, 0.2) is 0 Å². The van der Waals surface area contributed by atoms with Crippen LogP contribution in [0.1, 0.15) is 31.4 Å². The first-order chi connectivity index (χ1) is 8.56. The van der Waals surface area contributed by atoms with Crippen LogP contribution in [-0.2, 0) is 4.79 Å². The molecule has 1 aromatic carbocycles. The molecule has 1 unspecified atom stereocenters. The Bertz CT molecular complexity index is 476. The van der Waals surface area contributed by atoms with Gasteiger partial charge in [0.05, 0.1) is 12.8 Å². The first-order valence-corrected chi connectivity index (χ1v) is 6.34. The maximum absolute atomic E-state index is 11.8. The number of carbonyl (C=O) groups is 1. The second kappa shape index (κ2) is 5.16. The van der Waals surface area contributed by atoms with Gasteiger partial charge < -0.3 is 15.4 Å². The fraction of sp³-hybridized carbons (Fsp3) is 0.462. The lowest BCUT2D eigenvalue weighted by Crippen LogP contribution is -2.29. The SMILES string of the molecule is COc1ccc(Cl)c2c1N(C(C)=O)CCCC2N. The minimum atomic E-state index is -0.160. The topological polar surface area (TPSA) is 55.6 Å². The molecule has 1 aliphatic rings. The summed E-state index contributed by atoms with van der Waals surface area (Å²) >= 11 is 6.23. The zero-order chi connectivity index (χ0) is 13.3. The normalized spacial score (nSPS) is 19.1. The van der Waals surface area contributed by atoms with Gasteiger partial charge in [0.25, 0.3) is 0 Å². The zero-order valence-electron chi connectivity index (χ0n) is 10.6. The fourth-order valence-electron chi connectivity index (χ4n) is 2.40. The molecule has 4 nitrogen and oxygen atoms in total. The number of ether oxygens (including phenoxy) is 1. The molecular weight excluding hydrogens is 252 g/mol. The Kier molecular flexibility index (Phi) is 3.78. The average Bonchev–Trinajstić information content (AvgIpc) is 2.50. The third kappa shape index (κ3) is 2.18. The van der Waals surface area contributed by atoms with Crippen LogP contribution in [0.2, 0.25) is 5.02 Å². The van der Waals surface area contributed by atoms with E-state index in [0.29, 0.717) is 17.3 Å². The van der Waals surface area contributed by atoms with Gasteiger partial charge in [0.1, 0.15) is 5.75 Å². The van der Waals surface area contributed by atoms with E-state index in [9.17, 15) is 4.79 Å². The van der Waals surface area contributed by atoms with Crippen LogP contribution in [0.4, 0.5) is 5.69 Å². The molecule has 5 heteroatoms. The van der Waals surface area contributed by atoms with Crippen molar-refractivity contribution in [2.24, 2.45) is 5.73 Å². The highest BCUT2D eigenvalue weighted by molar-refractivity contribution is 6.32. The van der Waals surface area contributed by atoms with Crippen LogP contribution in [0.5, 0.6) is 5.75 Å². The maximum atomic E-state index is 11.8. The fourth-order valence-corrected chi connectivity index (χ4v) is 2.69. The van der Waals surface area contributed by atoms with Crippen LogP contribution in [-0.4, -0.2) is 19.6 Å². The Morgan fingerprint density at radius 2 is 2.28 bits per heavy atom. The molecule has 2 rings (SSSR count). The number of nitrogens with zero attached hydrogens (tertiary/aromatic N) is 1. The number of nitrogens with two attached hydrogens (primary N) is 1. The third-order valence-electron chi connectivity index (χ3n) is 3.26. The van der Waals surface area contributed by atoms with Crippen LogP contribution in [0.25, 0.3) is 0 Å². The Morgan fingerprint density at radius 1 is 1.56 bits per heavy atom. The lowest BCUT2D eigenvalue weighted by Gasteiger charge is -2.25. The van der Waals surface area contributed by atoms with Gasteiger partial charge >= 0.3 is 0 Å². The van der Waals surface area contributed by atoms with Crippen molar-refractivity contribution >= 4 is 23.2 Å². The molecule has 0 bridgehead atoms. The van der Waals surface area contributed by atoms with Gasteiger partial charge in [-0.15, -0.1) is 0 Å².